The molecule has 18 heavy (non-hydrogen) atoms. The summed E-state index contributed by atoms with van der Waals surface area (Å²) in [7, 11) is 2.59. The van der Waals surface area contributed by atoms with Gasteiger partial charge in [-0.25, -0.2) is 5.06 Å². The van der Waals surface area contributed by atoms with Crippen LogP contribution in [0.3, 0.4) is 0 Å². The third-order valence-corrected chi connectivity index (χ3v) is 3.41. The molecule has 0 spiro atoms. The molecule has 1 saturated carbocycles. The second-order valence-corrected chi connectivity index (χ2v) is 4.43. The maximum Gasteiger partial charge on any atom is 0.308 e. The SMILES string of the molecule is CON(C)C(=O)[C@H]1[C@@H](C(=O)O)[C@H](C(C)=O)C[C@H]1O. The molecule has 7 heteroatoms. The van der Waals surface area contributed by atoms with Crippen LogP contribution in [0.4, 0.5) is 0 Å². The molecule has 0 aromatic heterocycles. The lowest BCUT2D eigenvalue weighted by atomic mass is 9.86. The molecule has 102 valence electrons. The molecule has 0 aromatic carbocycles. The fraction of sp³-hybridized carbons (Fsp3) is 0.727. The van der Waals surface area contributed by atoms with Gasteiger partial charge in [0.2, 0.25) is 0 Å². The first-order chi connectivity index (χ1) is 8.31. The Morgan fingerprint density at radius 1 is 1.28 bits per heavy atom. The van der Waals surface area contributed by atoms with Gasteiger partial charge in [-0.3, -0.25) is 19.2 Å². The van der Waals surface area contributed by atoms with Gasteiger partial charge in [0.15, 0.2) is 0 Å². The van der Waals surface area contributed by atoms with E-state index in [0.717, 1.165) is 5.06 Å². The van der Waals surface area contributed by atoms with E-state index in [1.54, 1.807) is 0 Å². The number of carbonyl (C=O) groups is 3. The number of hydrogen-bond acceptors (Lipinski definition) is 5. The Kier molecular flexibility index (Phi) is 4.42. The van der Waals surface area contributed by atoms with Crippen LogP contribution in [0.5, 0.6) is 0 Å². The number of carboxylic acid groups (broad SMARTS) is 1. The van der Waals surface area contributed by atoms with E-state index in [2.05, 4.69) is 0 Å². The summed E-state index contributed by atoms with van der Waals surface area (Å²) < 4.78 is 0. The van der Waals surface area contributed by atoms with E-state index in [-0.39, 0.29) is 12.2 Å². The number of Topliss-reactive ketones (excluding diaryl/α,β-unsaturated/α-hetero) is 1. The highest BCUT2D eigenvalue weighted by atomic mass is 16.7. The van der Waals surface area contributed by atoms with Crippen molar-refractivity contribution in [3.8, 4) is 0 Å². The minimum atomic E-state index is -1.25. The van der Waals surface area contributed by atoms with Gasteiger partial charge in [-0.15, -0.1) is 0 Å². The van der Waals surface area contributed by atoms with Crippen molar-refractivity contribution >= 4 is 17.7 Å². The van der Waals surface area contributed by atoms with Gasteiger partial charge in [0.25, 0.3) is 5.91 Å². The van der Waals surface area contributed by atoms with Crippen molar-refractivity contribution in [3.05, 3.63) is 0 Å². The summed E-state index contributed by atoms with van der Waals surface area (Å²) in [6, 6.07) is 0. The predicted molar refractivity (Wildman–Crippen MR) is 59.2 cm³/mol. The van der Waals surface area contributed by atoms with Crippen LogP contribution in [0.15, 0.2) is 0 Å². The van der Waals surface area contributed by atoms with Crippen molar-refractivity contribution in [2.24, 2.45) is 17.8 Å². The topological polar surface area (TPSA) is 104 Å². The lowest BCUT2D eigenvalue weighted by Gasteiger charge is -2.24. The number of aliphatic hydroxyl groups is 1. The molecule has 1 fully saturated rings. The van der Waals surface area contributed by atoms with Crippen molar-refractivity contribution in [3.63, 3.8) is 0 Å². The Hall–Kier alpha value is -1.47. The van der Waals surface area contributed by atoms with Crippen LogP contribution in [0.25, 0.3) is 0 Å². The molecule has 0 unspecified atom stereocenters. The molecule has 0 heterocycles. The van der Waals surface area contributed by atoms with Gasteiger partial charge in [-0.1, -0.05) is 0 Å². The van der Waals surface area contributed by atoms with Crippen molar-refractivity contribution in [1.82, 2.24) is 5.06 Å². The Morgan fingerprint density at radius 3 is 2.22 bits per heavy atom. The predicted octanol–water partition coefficient (Wildman–Crippen LogP) is -0.707. The molecule has 1 rings (SSSR count). The normalized spacial score (nSPS) is 31.1. The number of hydrogen-bond donors (Lipinski definition) is 2. The molecule has 0 aromatic rings. The molecule has 7 nitrogen and oxygen atoms in total. The standard InChI is InChI=1S/C11H17NO6/c1-5(13)6-4-7(14)9(8(6)11(16)17)10(15)12(2)18-3/h6-9,14H,4H2,1-3H3,(H,16,17)/t6-,7+,8-,9+/m0/s1. The maximum atomic E-state index is 11.9. The zero-order valence-corrected chi connectivity index (χ0v) is 10.5. The average molecular weight is 259 g/mol. The summed E-state index contributed by atoms with van der Waals surface area (Å²) in [4.78, 5) is 39.2. The number of nitrogens with zero attached hydrogens (tertiary/aromatic N) is 1. The highest BCUT2D eigenvalue weighted by molar-refractivity contribution is 5.91. The van der Waals surface area contributed by atoms with E-state index in [0.29, 0.717) is 0 Å². The van der Waals surface area contributed by atoms with E-state index < -0.39 is 35.7 Å². The molecule has 0 radical (unpaired) electrons. The van der Waals surface area contributed by atoms with E-state index in [1.807, 2.05) is 0 Å². The number of rotatable bonds is 4. The smallest absolute Gasteiger partial charge is 0.308 e. The van der Waals surface area contributed by atoms with E-state index in [9.17, 15) is 19.5 Å². The Labute approximate surface area is 104 Å². The molecule has 4 atom stereocenters. The number of aliphatic hydroxyl groups excluding tert-OH is 1. The first kappa shape index (κ1) is 14.6. The number of aliphatic carboxylic acids is 1. The van der Waals surface area contributed by atoms with E-state index >= 15 is 0 Å². The van der Waals surface area contributed by atoms with Crippen molar-refractivity contribution in [2.75, 3.05) is 14.2 Å². The van der Waals surface area contributed by atoms with Crippen molar-refractivity contribution in [2.45, 2.75) is 19.4 Å². The highest BCUT2D eigenvalue weighted by Gasteiger charge is 2.52. The summed E-state index contributed by atoms with van der Waals surface area (Å²) in [5.41, 5.74) is 0. The molecule has 0 saturated heterocycles. The lowest BCUT2D eigenvalue weighted by Crippen LogP contribution is -2.42. The van der Waals surface area contributed by atoms with Crippen LogP contribution in [-0.4, -0.2) is 53.2 Å². The molecule has 0 aliphatic heterocycles. The number of carboxylic acids is 1. The maximum absolute atomic E-state index is 11.9. The third-order valence-electron chi connectivity index (χ3n) is 3.41. The van der Waals surface area contributed by atoms with Crippen molar-refractivity contribution in [1.29, 1.82) is 0 Å². The number of ketones is 1. The van der Waals surface area contributed by atoms with Crippen LogP contribution < -0.4 is 0 Å². The second kappa shape index (κ2) is 5.45. The minimum absolute atomic E-state index is 0.0136. The highest BCUT2D eigenvalue weighted by Crippen LogP contribution is 2.39. The second-order valence-electron chi connectivity index (χ2n) is 4.43. The van der Waals surface area contributed by atoms with Gasteiger partial charge in [-0.05, 0) is 13.3 Å². The van der Waals surface area contributed by atoms with Gasteiger partial charge in [-0.2, -0.15) is 0 Å². The fourth-order valence-electron chi connectivity index (χ4n) is 2.41. The lowest BCUT2D eigenvalue weighted by molar-refractivity contribution is -0.180. The van der Waals surface area contributed by atoms with Crippen molar-refractivity contribution < 1.29 is 29.4 Å². The zero-order valence-electron chi connectivity index (χ0n) is 10.5. The van der Waals surface area contributed by atoms with Crippen LogP contribution in [0.1, 0.15) is 13.3 Å². The van der Waals surface area contributed by atoms with Crippen LogP contribution in [-0.2, 0) is 19.2 Å². The third kappa shape index (κ3) is 2.51. The monoisotopic (exact) mass is 259 g/mol. The molecule has 0 bridgehead atoms. The largest absolute Gasteiger partial charge is 0.481 e. The molecule has 2 N–H and O–H groups in total. The van der Waals surface area contributed by atoms with Crippen LogP contribution in [0.2, 0.25) is 0 Å². The Balaban J connectivity index is 3.05. The Bertz CT molecular complexity index is 369. The molecular formula is C11H17NO6. The zero-order chi connectivity index (χ0) is 14.0. The van der Waals surface area contributed by atoms with E-state index in [4.69, 9.17) is 9.94 Å². The quantitative estimate of drug-likeness (QED) is 0.646. The summed E-state index contributed by atoms with van der Waals surface area (Å²) >= 11 is 0. The van der Waals surface area contributed by atoms with Crippen LogP contribution >= 0.6 is 0 Å². The van der Waals surface area contributed by atoms with Gasteiger partial charge in [0, 0.05) is 13.0 Å². The van der Waals surface area contributed by atoms with Gasteiger partial charge >= 0.3 is 5.97 Å². The molecule has 1 aliphatic rings. The summed E-state index contributed by atoms with van der Waals surface area (Å²) in [6.45, 7) is 1.26. The number of amides is 1. The number of hydroxylamine groups is 2. The van der Waals surface area contributed by atoms with Crippen LogP contribution in [0, 0.1) is 17.8 Å². The Morgan fingerprint density at radius 2 is 1.83 bits per heavy atom. The molecule has 1 amide bonds. The van der Waals surface area contributed by atoms with E-state index in [1.165, 1.54) is 21.1 Å². The average Bonchev–Trinajstić information content (AvgIpc) is 2.65. The number of carbonyl (C=O) groups excluding carboxylic acids is 2. The molecular weight excluding hydrogens is 242 g/mol. The summed E-state index contributed by atoms with van der Waals surface area (Å²) in [5.74, 6) is -5.42. The van der Waals surface area contributed by atoms with Gasteiger partial charge < -0.3 is 10.2 Å². The first-order valence-corrected chi connectivity index (χ1v) is 5.54. The van der Waals surface area contributed by atoms with Gasteiger partial charge in [0.1, 0.15) is 5.78 Å². The molecule has 1 aliphatic carbocycles. The minimum Gasteiger partial charge on any atom is -0.481 e. The summed E-state index contributed by atoms with van der Waals surface area (Å²) in [6.07, 6.45) is -1.16. The fourth-order valence-corrected chi connectivity index (χ4v) is 2.41. The first-order valence-electron chi connectivity index (χ1n) is 5.54. The van der Waals surface area contributed by atoms with Gasteiger partial charge in [0.05, 0.1) is 25.0 Å². The summed E-state index contributed by atoms with van der Waals surface area (Å²) in [5, 5.41) is 19.8.